The highest BCUT2D eigenvalue weighted by atomic mass is 16.5. The van der Waals surface area contributed by atoms with Crippen molar-refractivity contribution in [1.29, 1.82) is 0 Å². The highest BCUT2D eigenvalue weighted by Gasteiger charge is 2.32. The second-order valence-electron chi connectivity index (χ2n) is 5.19. The summed E-state index contributed by atoms with van der Waals surface area (Å²) in [7, 11) is 0. The van der Waals surface area contributed by atoms with Crippen LogP contribution in [0.4, 0.5) is 0 Å². The summed E-state index contributed by atoms with van der Waals surface area (Å²) in [5, 5.41) is 0. The van der Waals surface area contributed by atoms with Gasteiger partial charge < -0.3 is 4.74 Å². The summed E-state index contributed by atoms with van der Waals surface area (Å²) >= 11 is 0. The van der Waals surface area contributed by atoms with Crippen LogP contribution in [0.15, 0.2) is 0 Å². The van der Waals surface area contributed by atoms with E-state index in [1.165, 1.54) is 0 Å². The Morgan fingerprint density at radius 2 is 1.88 bits per heavy atom. The van der Waals surface area contributed by atoms with Gasteiger partial charge in [-0.15, -0.1) is 0 Å². The van der Waals surface area contributed by atoms with E-state index in [4.69, 9.17) is 4.74 Å². The van der Waals surface area contributed by atoms with Gasteiger partial charge in [-0.25, -0.2) is 0 Å². The van der Waals surface area contributed by atoms with Crippen LogP contribution in [0.25, 0.3) is 0 Å². The van der Waals surface area contributed by atoms with E-state index in [1.807, 2.05) is 13.8 Å². The monoisotopic (exact) mass is 228 g/mol. The molecule has 0 aliphatic carbocycles. The lowest BCUT2D eigenvalue weighted by atomic mass is 9.89. The van der Waals surface area contributed by atoms with E-state index in [-0.39, 0.29) is 5.78 Å². The van der Waals surface area contributed by atoms with E-state index >= 15 is 0 Å². The molecule has 0 aromatic rings. The zero-order chi connectivity index (χ0) is 12.6. The fourth-order valence-corrected chi connectivity index (χ4v) is 1.67. The van der Waals surface area contributed by atoms with Gasteiger partial charge in [-0.3, -0.25) is 4.79 Å². The maximum absolute atomic E-state index is 12.1. The molecule has 0 fully saturated rings. The Balaban J connectivity index is 4.40. The van der Waals surface area contributed by atoms with Crippen molar-refractivity contribution in [3.8, 4) is 0 Å². The molecule has 0 aromatic heterocycles. The molecule has 0 radical (unpaired) electrons. The van der Waals surface area contributed by atoms with Gasteiger partial charge in [-0.1, -0.05) is 27.7 Å². The summed E-state index contributed by atoms with van der Waals surface area (Å²) in [6.45, 7) is 11.1. The van der Waals surface area contributed by atoms with Crippen LogP contribution in [0, 0.1) is 5.92 Å². The van der Waals surface area contributed by atoms with Gasteiger partial charge in [0.05, 0.1) is 0 Å². The number of hydrogen-bond donors (Lipinski definition) is 0. The Labute approximate surface area is 101 Å². The molecule has 2 nitrogen and oxygen atoms in total. The van der Waals surface area contributed by atoms with Crippen molar-refractivity contribution in [2.24, 2.45) is 5.92 Å². The van der Waals surface area contributed by atoms with Gasteiger partial charge in [0.25, 0.3) is 0 Å². The number of rotatable bonds is 9. The van der Waals surface area contributed by atoms with Crippen LogP contribution in [-0.2, 0) is 9.53 Å². The van der Waals surface area contributed by atoms with Crippen molar-refractivity contribution >= 4 is 5.78 Å². The highest BCUT2D eigenvalue weighted by Crippen LogP contribution is 2.24. The van der Waals surface area contributed by atoms with E-state index in [9.17, 15) is 4.79 Å². The maximum Gasteiger partial charge on any atom is 0.164 e. The first-order valence-electron chi connectivity index (χ1n) is 6.63. The Kier molecular flexibility index (Phi) is 7.65. The molecular weight excluding hydrogens is 200 g/mol. The molecule has 0 bridgehead atoms. The summed E-state index contributed by atoms with van der Waals surface area (Å²) in [4.78, 5) is 12.1. The van der Waals surface area contributed by atoms with Crippen molar-refractivity contribution in [3.63, 3.8) is 0 Å². The first-order chi connectivity index (χ1) is 7.46. The van der Waals surface area contributed by atoms with E-state index in [2.05, 4.69) is 20.8 Å². The average Bonchev–Trinajstić information content (AvgIpc) is 2.24. The largest absolute Gasteiger partial charge is 0.368 e. The number of hydrogen-bond acceptors (Lipinski definition) is 2. The Hall–Kier alpha value is -0.370. The molecule has 0 saturated heterocycles. The number of ketones is 1. The lowest BCUT2D eigenvalue weighted by Gasteiger charge is -2.29. The van der Waals surface area contributed by atoms with Crippen LogP contribution in [0.5, 0.6) is 0 Å². The van der Waals surface area contributed by atoms with Crippen LogP contribution in [0.2, 0.25) is 0 Å². The fourth-order valence-electron chi connectivity index (χ4n) is 1.67. The van der Waals surface area contributed by atoms with Gasteiger partial charge >= 0.3 is 0 Å². The normalized spacial score (nSPS) is 15.1. The van der Waals surface area contributed by atoms with Crippen LogP contribution >= 0.6 is 0 Å². The molecule has 0 spiro atoms. The Morgan fingerprint density at radius 3 is 2.31 bits per heavy atom. The molecule has 0 saturated carbocycles. The quantitative estimate of drug-likeness (QED) is 0.596. The van der Waals surface area contributed by atoms with Crippen molar-refractivity contribution < 1.29 is 9.53 Å². The standard InChI is InChI=1S/C14H28O2/c1-6-8-13(15)14(5,16-11-7-2)10-9-12(3)4/h12H,6-11H2,1-5H3. The van der Waals surface area contributed by atoms with Crippen LogP contribution in [-0.4, -0.2) is 18.0 Å². The van der Waals surface area contributed by atoms with Gasteiger partial charge in [0.15, 0.2) is 5.78 Å². The predicted molar refractivity (Wildman–Crippen MR) is 68.6 cm³/mol. The van der Waals surface area contributed by atoms with Crippen molar-refractivity contribution in [3.05, 3.63) is 0 Å². The third-order valence-corrected chi connectivity index (χ3v) is 2.89. The SMILES string of the molecule is CCCOC(C)(CCC(C)C)C(=O)CCC. The Morgan fingerprint density at radius 1 is 1.25 bits per heavy atom. The zero-order valence-corrected chi connectivity index (χ0v) is 11.6. The molecule has 0 N–H and O–H groups in total. The average molecular weight is 228 g/mol. The summed E-state index contributed by atoms with van der Waals surface area (Å²) in [5.41, 5.74) is -0.545. The van der Waals surface area contributed by atoms with Gasteiger partial charge in [0.2, 0.25) is 0 Å². The van der Waals surface area contributed by atoms with E-state index in [1.54, 1.807) is 0 Å². The van der Waals surface area contributed by atoms with Crippen LogP contribution in [0.3, 0.4) is 0 Å². The summed E-state index contributed by atoms with van der Waals surface area (Å²) in [5.74, 6) is 0.892. The molecule has 0 heterocycles. The fraction of sp³-hybridized carbons (Fsp3) is 0.929. The molecule has 1 atom stereocenters. The molecule has 0 aliphatic heterocycles. The number of carbonyl (C=O) groups is 1. The number of ether oxygens (including phenoxy) is 1. The zero-order valence-electron chi connectivity index (χ0n) is 11.6. The third kappa shape index (κ3) is 5.64. The summed E-state index contributed by atoms with van der Waals surface area (Å²) in [6, 6.07) is 0. The molecule has 0 amide bonds. The lowest BCUT2D eigenvalue weighted by molar-refractivity contribution is -0.144. The van der Waals surface area contributed by atoms with Gasteiger partial charge in [0.1, 0.15) is 5.60 Å². The summed E-state index contributed by atoms with van der Waals surface area (Å²) in [6.07, 6.45) is 4.42. The first-order valence-corrected chi connectivity index (χ1v) is 6.63. The van der Waals surface area contributed by atoms with Crippen LogP contribution in [0.1, 0.15) is 66.7 Å². The number of carbonyl (C=O) groups excluding carboxylic acids is 1. The molecule has 0 aliphatic rings. The summed E-state index contributed by atoms with van der Waals surface area (Å²) < 4.78 is 5.79. The van der Waals surface area contributed by atoms with Gasteiger partial charge in [0, 0.05) is 13.0 Å². The molecular formula is C14H28O2. The number of Topliss-reactive ketones (excluding diaryl/α,β-unsaturated/α-hetero) is 1. The van der Waals surface area contributed by atoms with Crippen LogP contribution < -0.4 is 0 Å². The second kappa shape index (κ2) is 7.83. The smallest absolute Gasteiger partial charge is 0.164 e. The van der Waals surface area contributed by atoms with E-state index in [0.717, 1.165) is 25.7 Å². The van der Waals surface area contributed by atoms with Crippen molar-refractivity contribution in [2.45, 2.75) is 72.3 Å². The minimum Gasteiger partial charge on any atom is -0.368 e. The molecule has 96 valence electrons. The van der Waals surface area contributed by atoms with Gasteiger partial charge in [-0.2, -0.15) is 0 Å². The minimum absolute atomic E-state index is 0.268. The second-order valence-corrected chi connectivity index (χ2v) is 5.19. The van der Waals surface area contributed by atoms with Crippen molar-refractivity contribution in [1.82, 2.24) is 0 Å². The topological polar surface area (TPSA) is 26.3 Å². The molecule has 1 unspecified atom stereocenters. The lowest BCUT2D eigenvalue weighted by Crippen LogP contribution is -2.39. The minimum atomic E-state index is -0.545. The van der Waals surface area contributed by atoms with Gasteiger partial charge in [-0.05, 0) is 38.5 Å². The van der Waals surface area contributed by atoms with E-state index in [0.29, 0.717) is 18.9 Å². The molecule has 0 rings (SSSR count). The van der Waals surface area contributed by atoms with E-state index < -0.39 is 5.60 Å². The van der Waals surface area contributed by atoms with Crippen molar-refractivity contribution in [2.75, 3.05) is 6.61 Å². The Bertz CT molecular complexity index is 199. The highest BCUT2D eigenvalue weighted by molar-refractivity contribution is 5.86. The molecule has 2 heteroatoms. The molecule has 16 heavy (non-hydrogen) atoms. The maximum atomic E-state index is 12.1. The predicted octanol–water partition coefficient (Wildman–Crippen LogP) is 3.98. The third-order valence-electron chi connectivity index (χ3n) is 2.89. The molecule has 0 aromatic carbocycles. The first kappa shape index (κ1) is 15.6.